The van der Waals surface area contributed by atoms with E-state index in [0.29, 0.717) is 12.1 Å². The maximum atomic E-state index is 12.7. The van der Waals surface area contributed by atoms with Gasteiger partial charge < -0.3 is 10.2 Å². The van der Waals surface area contributed by atoms with Crippen molar-refractivity contribution in [2.75, 3.05) is 0 Å². The molecular weight excluding hydrogens is 197 g/mol. The zero-order valence-electron chi connectivity index (χ0n) is 7.34. The number of aliphatic hydroxyl groups excluding tert-OH is 2. The van der Waals surface area contributed by atoms with Crippen molar-refractivity contribution in [1.82, 2.24) is 0 Å². The van der Waals surface area contributed by atoms with Gasteiger partial charge in [0.15, 0.2) is 17.5 Å². The second kappa shape index (κ2) is 3.98. The summed E-state index contributed by atoms with van der Waals surface area (Å²) in [5.74, 6) is -4.37. The lowest BCUT2D eigenvalue weighted by Gasteiger charge is -2.14. The number of rotatable bonds is 2. The molecule has 1 rings (SSSR count). The minimum absolute atomic E-state index is 0.198. The summed E-state index contributed by atoms with van der Waals surface area (Å²) in [7, 11) is 0. The molecule has 1 aromatic carbocycles. The second-order valence-electron chi connectivity index (χ2n) is 2.98. The van der Waals surface area contributed by atoms with Gasteiger partial charge in [0, 0.05) is 0 Å². The molecule has 0 saturated heterocycles. The van der Waals surface area contributed by atoms with Crippen molar-refractivity contribution in [3.8, 4) is 0 Å². The van der Waals surface area contributed by atoms with Crippen molar-refractivity contribution in [3.63, 3.8) is 0 Å². The molecule has 0 aliphatic carbocycles. The Morgan fingerprint density at radius 3 is 1.86 bits per heavy atom. The van der Waals surface area contributed by atoms with Gasteiger partial charge in [-0.1, -0.05) is 0 Å². The lowest BCUT2D eigenvalue weighted by molar-refractivity contribution is 0.0301. The molecule has 5 heteroatoms. The summed E-state index contributed by atoms with van der Waals surface area (Å²) in [6.45, 7) is 1.25. The number of aliphatic hydroxyl groups is 2. The predicted molar refractivity (Wildman–Crippen MR) is 43.0 cm³/mol. The van der Waals surface area contributed by atoms with Crippen LogP contribution in [0.1, 0.15) is 18.6 Å². The van der Waals surface area contributed by atoms with Gasteiger partial charge in [0.25, 0.3) is 0 Å². The normalized spacial score (nSPS) is 15.3. The van der Waals surface area contributed by atoms with Gasteiger partial charge >= 0.3 is 0 Å². The Kier molecular flexibility index (Phi) is 3.13. The molecule has 0 radical (unpaired) electrons. The number of hydrogen-bond acceptors (Lipinski definition) is 2. The van der Waals surface area contributed by atoms with Crippen molar-refractivity contribution in [1.29, 1.82) is 0 Å². The van der Waals surface area contributed by atoms with Crippen LogP contribution in [0.5, 0.6) is 0 Å². The fourth-order valence-electron chi connectivity index (χ4n) is 1.02. The van der Waals surface area contributed by atoms with E-state index < -0.39 is 29.7 Å². The number of benzene rings is 1. The second-order valence-corrected chi connectivity index (χ2v) is 2.98. The molecule has 0 fully saturated rings. The largest absolute Gasteiger partial charge is 0.390 e. The topological polar surface area (TPSA) is 40.5 Å². The summed E-state index contributed by atoms with van der Waals surface area (Å²) in [5.41, 5.74) is -0.198. The summed E-state index contributed by atoms with van der Waals surface area (Å²) in [6, 6.07) is 1.30. The van der Waals surface area contributed by atoms with Crippen LogP contribution >= 0.6 is 0 Å². The molecule has 2 atom stereocenters. The number of hydrogen-bond donors (Lipinski definition) is 2. The van der Waals surface area contributed by atoms with E-state index in [1.807, 2.05) is 0 Å². The summed E-state index contributed by atoms with van der Waals surface area (Å²) < 4.78 is 37.8. The maximum absolute atomic E-state index is 12.7. The Morgan fingerprint density at radius 2 is 1.50 bits per heavy atom. The molecule has 0 heterocycles. The molecule has 78 valence electrons. The van der Waals surface area contributed by atoms with E-state index in [0.717, 1.165) is 0 Å². The molecule has 2 nitrogen and oxygen atoms in total. The smallest absolute Gasteiger partial charge is 0.194 e. The third kappa shape index (κ3) is 2.05. The van der Waals surface area contributed by atoms with E-state index >= 15 is 0 Å². The molecule has 0 saturated carbocycles. The molecule has 0 amide bonds. The van der Waals surface area contributed by atoms with Crippen LogP contribution in [-0.2, 0) is 0 Å². The molecule has 0 aliphatic rings. The third-order valence-electron chi connectivity index (χ3n) is 1.80. The fraction of sp³-hybridized carbons (Fsp3) is 0.333. The first-order valence-corrected chi connectivity index (χ1v) is 3.94. The monoisotopic (exact) mass is 206 g/mol. The van der Waals surface area contributed by atoms with Crippen LogP contribution in [0.25, 0.3) is 0 Å². The minimum Gasteiger partial charge on any atom is -0.390 e. The van der Waals surface area contributed by atoms with Crippen molar-refractivity contribution in [3.05, 3.63) is 35.1 Å². The van der Waals surface area contributed by atoms with Gasteiger partial charge in [-0.3, -0.25) is 0 Å². The first kappa shape index (κ1) is 11.0. The summed E-state index contributed by atoms with van der Waals surface area (Å²) in [4.78, 5) is 0. The van der Waals surface area contributed by atoms with Crippen LogP contribution in [-0.4, -0.2) is 16.3 Å². The van der Waals surface area contributed by atoms with Gasteiger partial charge in [-0.2, -0.15) is 0 Å². The lowest BCUT2D eigenvalue weighted by atomic mass is 10.1. The zero-order valence-corrected chi connectivity index (χ0v) is 7.34. The maximum Gasteiger partial charge on any atom is 0.194 e. The van der Waals surface area contributed by atoms with Gasteiger partial charge in [-0.15, -0.1) is 0 Å². The Balaban J connectivity index is 3.12. The van der Waals surface area contributed by atoms with Crippen LogP contribution in [0.4, 0.5) is 13.2 Å². The van der Waals surface area contributed by atoms with Gasteiger partial charge in [-0.25, -0.2) is 13.2 Å². The van der Waals surface area contributed by atoms with E-state index in [-0.39, 0.29) is 5.56 Å². The zero-order chi connectivity index (χ0) is 10.9. The van der Waals surface area contributed by atoms with Gasteiger partial charge in [-0.05, 0) is 24.6 Å². The molecule has 0 bridgehead atoms. The lowest BCUT2D eigenvalue weighted by Crippen LogP contribution is -2.14. The average Bonchev–Trinajstić information content (AvgIpc) is 2.12. The molecule has 1 aromatic rings. The highest BCUT2D eigenvalue weighted by atomic mass is 19.2. The summed E-state index contributed by atoms with van der Waals surface area (Å²) in [6.07, 6.45) is -2.61. The predicted octanol–water partition coefficient (Wildman–Crippen LogP) is 1.52. The van der Waals surface area contributed by atoms with Crippen LogP contribution in [0, 0.1) is 17.5 Å². The highest BCUT2D eigenvalue weighted by Gasteiger charge is 2.18. The number of halogens is 3. The van der Waals surface area contributed by atoms with Crippen molar-refractivity contribution in [2.45, 2.75) is 19.1 Å². The van der Waals surface area contributed by atoms with Crippen molar-refractivity contribution < 1.29 is 23.4 Å². The quantitative estimate of drug-likeness (QED) is 0.720. The molecular formula is C9H9F3O2. The Bertz CT molecular complexity index is 316. The third-order valence-corrected chi connectivity index (χ3v) is 1.80. The van der Waals surface area contributed by atoms with Crippen LogP contribution in [0.15, 0.2) is 12.1 Å². The first-order valence-electron chi connectivity index (χ1n) is 3.94. The van der Waals surface area contributed by atoms with Crippen LogP contribution in [0.3, 0.4) is 0 Å². The summed E-state index contributed by atoms with van der Waals surface area (Å²) in [5, 5.41) is 18.2. The first-order chi connectivity index (χ1) is 6.43. The molecule has 0 aromatic heterocycles. The van der Waals surface area contributed by atoms with E-state index in [1.165, 1.54) is 6.92 Å². The fourth-order valence-corrected chi connectivity index (χ4v) is 1.02. The van der Waals surface area contributed by atoms with Gasteiger partial charge in [0.1, 0.15) is 6.10 Å². The Morgan fingerprint density at radius 1 is 1.07 bits per heavy atom. The van der Waals surface area contributed by atoms with Gasteiger partial charge in [0.05, 0.1) is 6.10 Å². The Labute approximate surface area is 78.6 Å². The Hall–Kier alpha value is -1.07. The van der Waals surface area contributed by atoms with Gasteiger partial charge in [0.2, 0.25) is 0 Å². The molecule has 2 N–H and O–H groups in total. The highest BCUT2D eigenvalue weighted by Crippen LogP contribution is 2.21. The molecule has 0 spiro atoms. The van der Waals surface area contributed by atoms with E-state index in [1.54, 1.807) is 0 Å². The molecule has 14 heavy (non-hydrogen) atoms. The van der Waals surface area contributed by atoms with Crippen LogP contribution < -0.4 is 0 Å². The average molecular weight is 206 g/mol. The SMILES string of the molecule is CC(O)C(O)c1cc(F)c(F)c(F)c1. The minimum atomic E-state index is -1.59. The highest BCUT2D eigenvalue weighted by molar-refractivity contribution is 5.22. The molecule has 2 unspecified atom stereocenters. The summed E-state index contributed by atoms with van der Waals surface area (Å²) >= 11 is 0. The van der Waals surface area contributed by atoms with E-state index in [2.05, 4.69) is 0 Å². The van der Waals surface area contributed by atoms with E-state index in [4.69, 9.17) is 5.11 Å². The van der Waals surface area contributed by atoms with Crippen LogP contribution in [0.2, 0.25) is 0 Å². The van der Waals surface area contributed by atoms with Crippen molar-refractivity contribution in [2.24, 2.45) is 0 Å². The van der Waals surface area contributed by atoms with E-state index in [9.17, 15) is 18.3 Å². The standard InChI is InChI=1S/C9H9F3O2/c1-4(13)9(14)5-2-6(10)8(12)7(11)3-5/h2-4,9,13-14H,1H3. The van der Waals surface area contributed by atoms with Crippen molar-refractivity contribution >= 4 is 0 Å². The molecule has 0 aliphatic heterocycles.